The molecule has 5 heteroatoms. The van der Waals surface area contributed by atoms with Gasteiger partial charge >= 0.3 is 0 Å². The number of nitrogens with two attached hydrogens (primary N) is 1. The summed E-state index contributed by atoms with van der Waals surface area (Å²) >= 11 is 0. The molecule has 1 saturated heterocycles. The van der Waals surface area contributed by atoms with E-state index in [2.05, 4.69) is 29.1 Å². The molecule has 1 aliphatic heterocycles. The minimum atomic E-state index is -0.592. The monoisotopic (exact) mass is 284 g/mol. The van der Waals surface area contributed by atoms with Crippen LogP contribution in [0.25, 0.3) is 0 Å². The predicted molar refractivity (Wildman–Crippen MR) is 83.7 cm³/mol. The van der Waals surface area contributed by atoms with Gasteiger partial charge in [0.25, 0.3) is 0 Å². The molecule has 0 saturated carbocycles. The van der Waals surface area contributed by atoms with Crippen molar-refractivity contribution in [2.75, 3.05) is 39.8 Å². The Balaban J connectivity index is 2.62. The highest BCUT2D eigenvalue weighted by atomic mass is 16.1. The molecular formula is C15H32N4O. The molecule has 2 atom stereocenters. The summed E-state index contributed by atoms with van der Waals surface area (Å²) in [5.41, 5.74) is 4.97. The van der Waals surface area contributed by atoms with Crippen LogP contribution in [0.2, 0.25) is 0 Å². The minimum Gasteiger partial charge on any atom is -0.368 e. The van der Waals surface area contributed by atoms with Crippen LogP contribution in [-0.2, 0) is 4.79 Å². The van der Waals surface area contributed by atoms with Crippen molar-refractivity contribution in [1.29, 1.82) is 0 Å². The molecule has 0 bridgehead atoms. The minimum absolute atomic E-state index is 0.251. The van der Waals surface area contributed by atoms with E-state index in [1.165, 1.54) is 6.42 Å². The van der Waals surface area contributed by atoms with Crippen LogP contribution >= 0.6 is 0 Å². The lowest BCUT2D eigenvalue weighted by molar-refractivity contribution is -0.124. The van der Waals surface area contributed by atoms with Crippen LogP contribution < -0.4 is 11.1 Å². The number of nitrogens with one attached hydrogen (secondary N) is 1. The van der Waals surface area contributed by atoms with Gasteiger partial charge in [0.1, 0.15) is 0 Å². The average molecular weight is 284 g/mol. The lowest BCUT2D eigenvalue weighted by atomic mass is 9.96. The highest BCUT2D eigenvalue weighted by molar-refractivity contribution is 5.84. The summed E-state index contributed by atoms with van der Waals surface area (Å²) < 4.78 is 0. The van der Waals surface area contributed by atoms with Gasteiger partial charge in [0, 0.05) is 19.1 Å². The Bertz CT molecular complexity index is 310. The van der Waals surface area contributed by atoms with Crippen molar-refractivity contribution in [2.45, 2.75) is 51.6 Å². The van der Waals surface area contributed by atoms with Crippen LogP contribution in [0.5, 0.6) is 0 Å². The van der Waals surface area contributed by atoms with Crippen molar-refractivity contribution >= 4 is 5.91 Å². The highest BCUT2D eigenvalue weighted by Crippen LogP contribution is 2.16. The van der Waals surface area contributed by atoms with Crippen LogP contribution in [0.1, 0.15) is 40.0 Å². The van der Waals surface area contributed by atoms with Crippen LogP contribution in [0, 0.1) is 0 Å². The third-order valence-corrected chi connectivity index (χ3v) is 4.51. The Hall–Kier alpha value is -0.650. The van der Waals surface area contributed by atoms with Crippen LogP contribution in [0.15, 0.2) is 0 Å². The van der Waals surface area contributed by atoms with E-state index in [0.717, 1.165) is 45.6 Å². The van der Waals surface area contributed by atoms with Gasteiger partial charge in [-0.3, -0.25) is 9.69 Å². The van der Waals surface area contributed by atoms with E-state index in [1.807, 2.05) is 13.8 Å². The van der Waals surface area contributed by atoms with Gasteiger partial charge in [-0.15, -0.1) is 0 Å². The number of hydrogen-bond acceptors (Lipinski definition) is 4. The van der Waals surface area contributed by atoms with Crippen molar-refractivity contribution < 1.29 is 4.79 Å². The molecule has 3 N–H and O–H groups in total. The standard InChI is InChI=1S/C15H32N4O/c1-5-13-12-18(4)9-7-10-19(13)11-8-15(3,14(16)20)17-6-2/h13,17H,5-12H2,1-4H3,(H2,16,20). The van der Waals surface area contributed by atoms with Gasteiger partial charge in [-0.25, -0.2) is 0 Å². The molecule has 0 aromatic carbocycles. The fraction of sp³-hybridized carbons (Fsp3) is 0.933. The lowest BCUT2D eigenvalue weighted by Crippen LogP contribution is -2.55. The quantitative estimate of drug-likeness (QED) is 0.720. The fourth-order valence-electron chi connectivity index (χ4n) is 3.03. The second-order valence-electron chi connectivity index (χ2n) is 6.19. The van der Waals surface area contributed by atoms with Crippen molar-refractivity contribution in [3.05, 3.63) is 0 Å². The summed E-state index contributed by atoms with van der Waals surface area (Å²) in [5.74, 6) is -0.251. The topological polar surface area (TPSA) is 61.6 Å². The highest BCUT2D eigenvalue weighted by Gasteiger charge is 2.31. The van der Waals surface area contributed by atoms with Gasteiger partial charge in [0.05, 0.1) is 5.54 Å². The molecule has 5 nitrogen and oxygen atoms in total. The molecule has 1 rings (SSSR count). The van der Waals surface area contributed by atoms with Gasteiger partial charge in [0.15, 0.2) is 0 Å². The number of likely N-dealkylation sites (N-methyl/N-ethyl adjacent to an activating group) is 2. The summed E-state index contributed by atoms with van der Waals surface area (Å²) in [6.07, 6.45) is 3.12. The van der Waals surface area contributed by atoms with Crippen molar-refractivity contribution in [3.63, 3.8) is 0 Å². The Morgan fingerprint density at radius 2 is 2.10 bits per heavy atom. The number of carbonyl (C=O) groups excluding carboxylic acids is 1. The van der Waals surface area contributed by atoms with Gasteiger partial charge in [-0.05, 0) is 52.9 Å². The molecule has 0 radical (unpaired) electrons. The summed E-state index contributed by atoms with van der Waals surface area (Å²) in [6.45, 7) is 11.3. The number of carbonyl (C=O) groups is 1. The number of amides is 1. The molecule has 1 amide bonds. The smallest absolute Gasteiger partial charge is 0.237 e. The maximum atomic E-state index is 11.7. The van der Waals surface area contributed by atoms with E-state index >= 15 is 0 Å². The van der Waals surface area contributed by atoms with Crippen LogP contribution in [-0.4, -0.2) is 67.1 Å². The molecule has 1 aliphatic rings. The lowest BCUT2D eigenvalue weighted by Gasteiger charge is -2.34. The maximum absolute atomic E-state index is 11.7. The van der Waals surface area contributed by atoms with Crippen LogP contribution in [0.4, 0.5) is 0 Å². The third-order valence-electron chi connectivity index (χ3n) is 4.51. The average Bonchev–Trinajstić information content (AvgIpc) is 2.57. The summed E-state index contributed by atoms with van der Waals surface area (Å²) in [5, 5.41) is 3.24. The zero-order valence-electron chi connectivity index (χ0n) is 13.6. The number of rotatable bonds is 7. The summed E-state index contributed by atoms with van der Waals surface area (Å²) in [7, 11) is 2.19. The normalized spacial score (nSPS) is 25.1. The molecule has 0 aromatic rings. The van der Waals surface area contributed by atoms with Crippen LogP contribution in [0.3, 0.4) is 0 Å². The zero-order valence-corrected chi connectivity index (χ0v) is 13.6. The molecule has 118 valence electrons. The molecule has 0 spiro atoms. The second-order valence-corrected chi connectivity index (χ2v) is 6.19. The van der Waals surface area contributed by atoms with E-state index in [1.54, 1.807) is 0 Å². The van der Waals surface area contributed by atoms with E-state index in [4.69, 9.17) is 5.73 Å². The largest absolute Gasteiger partial charge is 0.368 e. The first kappa shape index (κ1) is 17.4. The van der Waals surface area contributed by atoms with E-state index in [9.17, 15) is 4.79 Å². The van der Waals surface area contributed by atoms with Gasteiger partial charge in [0.2, 0.25) is 5.91 Å². The van der Waals surface area contributed by atoms with Gasteiger partial charge in [-0.2, -0.15) is 0 Å². The molecule has 1 fully saturated rings. The second kappa shape index (κ2) is 7.96. The maximum Gasteiger partial charge on any atom is 0.237 e. The molecule has 0 aromatic heterocycles. The first-order chi connectivity index (χ1) is 9.42. The van der Waals surface area contributed by atoms with E-state index in [0.29, 0.717) is 6.04 Å². The zero-order chi connectivity index (χ0) is 15.2. The Morgan fingerprint density at radius 1 is 1.40 bits per heavy atom. The van der Waals surface area contributed by atoms with Crippen molar-refractivity contribution in [2.24, 2.45) is 5.73 Å². The summed E-state index contributed by atoms with van der Waals surface area (Å²) in [6, 6.07) is 0.584. The number of nitrogens with zero attached hydrogens (tertiary/aromatic N) is 2. The number of hydrogen-bond donors (Lipinski definition) is 2. The van der Waals surface area contributed by atoms with Gasteiger partial charge in [-0.1, -0.05) is 13.8 Å². The SMILES string of the molecule is CCNC(C)(CCN1CCCN(C)CC1CC)C(N)=O. The fourth-order valence-corrected chi connectivity index (χ4v) is 3.03. The first-order valence-electron chi connectivity index (χ1n) is 7.90. The Labute approximate surface area is 123 Å². The number of primary amides is 1. The third kappa shape index (κ3) is 4.72. The first-order valence-corrected chi connectivity index (χ1v) is 7.90. The molecular weight excluding hydrogens is 252 g/mol. The summed E-state index contributed by atoms with van der Waals surface area (Å²) in [4.78, 5) is 16.6. The molecule has 1 heterocycles. The van der Waals surface area contributed by atoms with E-state index < -0.39 is 5.54 Å². The predicted octanol–water partition coefficient (Wildman–Crippen LogP) is 0.646. The van der Waals surface area contributed by atoms with Gasteiger partial charge < -0.3 is 16.0 Å². The van der Waals surface area contributed by atoms with Crippen molar-refractivity contribution in [3.8, 4) is 0 Å². The molecule has 0 aliphatic carbocycles. The Kier molecular flexibility index (Phi) is 6.92. The van der Waals surface area contributed by atoms with Crippen molar-refractivity contribution in [1.82, 2.24) is 15.1 Å². The molecule has 20 heavy (non-hydrogen) atoms. The Morgan fingerprint density at radius 3 is 2.65 bits per heavy atom. The molecule has 2 unspecified atom stereocenters. The van der Waals surface area contributed by atoms with E-state index in [-0.39, 0.29) is 5.91 Å².